The molecule has 6 heteroatoms. The first-order chi connectivity index (χ1) is 14.3. The van der Waals surface area contributed by atoms with Crippen molar-refractivity contribution in [2.24, 2.45) is 11.8 Å². The van der Waals surface area contributed by atoms with Crippen LogP contribution in [0.1, 0.15) is 45.5 Å². The highest BCUT2D eigenvalue weighted by atomic mass is 32.1. The van der Waals surface area contributed by atoms with Crippen molar-refractivity contribution in [2.45, 2.75) is 53.7 Å². The zero-order valence-corrected chi connectivity index (χ0v) is 19.4. The van der Waals surface area contributed by atoms with E-state index >= 15 is 0 Å². The largest absolute Gasteiger partial charge is 0.392 e. The minimum Gasteiger partial charge on any atom is -0.392 e. The van der Waals surface area contributed by atoms with Crippen LogP contribution in [0.5, 0.6) is 0 Å². The maximum absolute atomic E-state index is 13.0. The third-order valence-electron chi connectivity index (χ3n) is 5.54. The summed E-state index contributed by atoms with van der Waals surface area (Å²) in [6.07, 6.45) is 0.635. The Balaban J connectivity index is 1.90. The van der Waals surface area contributed by atoms with Crippen molar-refractivity contribution in [1.82, 2.24) is 14.9 Å². The lowest BCUT2D eigenvalue weighted by Gasteiger charge is -2.27. The summed E-state index contributed by atoms with van der Waals surface area (Å²) in [7, 11) is 0. The molecule has 0 radical (unpaired) electrons. The van der Waals surface area contributed by atoms with Gasteiger partial charge in [0.05, 0.1) is 18.0 Å². The standard InChI is InChI=1S/C24H33N3O2S/c1-15(2)10-11-27(12-20(28)16(3)4)13-21-25-23(29)22-19(14-30-24(22)26-21)18-9-7-6-8-17(18)5/h6-9,14-16,20,28H,10-13H2,1-5H3,(H,25,26,29). The third kappa shape index (κ3) is 5.36. The van der Waals surface area contributed by atoms with E-state index in [0.29, 0.717) is 30.2 Å². The van der Waals surface area contributed by atoms with Gasteiger partial charge < -0.3 is 10.1 Å². The Labute approximate surface area is 182 Å². The van der Waals surface area contributed by atoms with E-state index in [9.17, 15) is 9.90 Å². The van der Waals surface area contributed by atoms with Gasteiger partial charge in [0.1, 0.15) is 10.7 Å². The molecule has 1 aromatic carbocycles. The molecule has 3 rings (SSSR count). The molecule has 0 fully saturated rings. The molecule has 0 saturated carbocycles. The number of nitrogens with zero attached hydrogens (tertiary/aromatic N) is 2. The van der Waals surface area contributed by atoms with E-state index in [-0.39, 0.29) is 11.5 Å². The molecule has 0 amide bonds. The zero-order valence-electron chi connectivity index (χ0n) is 18.6. The number of aliphatic hydroxyl groups is 1. The van der Waals surface area contributed by atoms with Gasteiger partial charge in [-0.1, -0.05) is 52.0 Å². The normalized spacial score (nSPS) is 13.1. The lowest BCUT2D eigenvalue weighted by Crippen LogP contribution is -2.36. The van der Waals surface area contributed by atoms with E-state index in [1.54, 1.807) is 0 Å². The van der Waals surface area contributed by atoms with Crippen molar-refractivity contribution in [3.63, 3.8) is 0 Å². The maximum Gasteiger partial charge on any atom is 0.260 e. The molecule has 5 nitrogen and oxygen atoms in total. The van der Waals surface area contributed by atoms with Gasteiger partial charge in [0.15, 0.2) is 0 Å². The van der Waals surface area contributed by atoms with Crippen molar-refractivity contribution in [3.05, 3.63) is 51.4 Å². The highest BCUT2D eigenvalue weighted by molar-refractivity contribution is 7.17. The highest BCUT2D eigenvalue weighted by Gasteiger charge is 2.19. The lowest BCUT2D eigenvalue weighted by molar-refractivity contribution is 0.0701. The molecular formula is C24H33N3O2S. The number of H-pyrrole nitrogens is 1. The van der Waals surface area contributed by atoms with Gasteiger partial charge in [-0.2, -0.15) is 0 Å². The fourth-order valence-electron chi connectivity index (χ4n) is 3.50. The molecule has 0 bridgehead atoms. The van der Waals surface area contributed by atoms with Crippen molar-refractivity contribution in [2.75, 3.05) is 13.1 Å². The Morgan fingerprint density at radius 2 is 1.90 bits per heavy atom. The number of aromatic nitrogens is 2. The number of thiophene rings is 1. The van der Waals surface area contributed by atoms with Gasteiger partial charge in [-0.25, -0.2) is 4.98 Å². The molecule has 0 aliphatic heterocycles. The maximum atomic E-state index is 13.0. The average molecular weight is 428 g/mol. The fraction of sp³-hybridized carbons (Fsp3) is 0.500. The summed E-state index contributed by atoms with van der Waals surface area (Å²) in [6.45, 7) is 12.5. The van der Waals surface area contributed by atoms with Gasteiger partial charge in [0.2, 0.25) is 0 Å². The summed E-state index contributed by atoms with van der Waals surface area (Å²) in [5, 5.41) is 13.1. The van der Waals surface area contributed by atoms with Gasteiger partial charge >= 0.3 is 0 Å². The first kappa shape index (κ1) is 22.7. The van der Waals surface area contributed by atoms with Crippen molar-refractivity contribution in [3.8, 4) is 11.1 Å². The van der Waals surface area contributed by atoms with Crippen LogP contribution in [0.15, 0.2) is 34.4 Å². The van der Waals surface area contributed by atoms with Crippen LogP contribution in [-0.4, -0.2) is 39.2 Å². The minimum atomic E-state index is -0.401. The predicted octanol–water partition coefficient (Wildman–Crippen LogP) is 4.83. The van der Waals surface area contributed by atoms with Crippen molar-refractivity contribution >= 4 is 21.6 Å². The summed E-state index contributed by atoms with van der Waals surface area (Å²) < 4.78 is 0. The van der Waals surface area contributed by atoms with Crippen molar-refractivity contribution in [1.29, 1.82) is 0 Å². The summed E-state index contributed by atoms with van der Waals surface area (Å²) in [5.74, 6) is 1.42. The number of nitrogens with one attached hydrogen (secondary N) is 1. The van der Waals surface area contributed by atoms with E-state index in [0.717, 1.165) is 34.5 Å². The molecule has 30 heavy (non-hydrogen) atoms. The highest BCUT2D eigenvalue weighted by Crippen LogP contribution is 2.32. The number of aromatic amines is 1. The van der Waals surface area contributed by atoms with Crippen LogP contribution in [-0.2, 0) is 6.54 Å². The first-order valence-electron chi connectivity index (χ1n) is 10.7. The first-order valence-corrected chi connectivity index (χ1v) is 11.6. The molecule has 2 aromatic heterocycles. The lowest BCUT2D eigenvalue weighted by atomic mass is 10.0. The van der Waals surface area contributed by atoms with Crippen molar-refractivity contribution < 1.29 is 5.11 Å². The van der Waals surface area contributed by atoms with E-state index < -0.39 is 6.10 Å². The topological polar surface area (TPSA) is 69.2 Å². The molecule has 1 unspecified atom stereocenters. The summed E-state index contributed by atoms with van der Waals surface area (Å²) in [4.78, 5) is 23.7. The van der Waals surface area contributed by atoms with Crippen LogP contribution >= 0.6 is 11.3 Å². The third-order valence-corrected chi connectivity index (χ3v) is 6.41. The van der Waals surface area contributed by atoms with E-state index in [1.165, 1.54) is 11.3 Å². The SMILES string of the molecule is Cc1ccccc1-c1csc2nc(CN(CCC(C)C)CC(O)C(C)C)[nH]c(=O)c12. The number of aliphatic hydroxyl groups excluding tert-OH is 1. The molecule has 2 N–H and O–H groups in total. The minimum absolute atomic E-state index is 0.0947. The van der Waals surface area contributed by atoms with Gasteiger partial charge in [0.25, 0.3) is 5.56 Å². The Hall–Kier alpha value is -2.02. The van der Waals surface area contributed by atoms with Crippen LogP contribution < -0.4 is 5.56 Å². The molecule has 0 saturated heterocycles. The second-order valence-corrected chi connectivity index (χ2v) is 9.74. The number of rotatable bonds is 9. The van der Waals surface area contributed by atoms with Crippen LogP contribution in [0.25, 0.3) is 21.3 Å². The fourth-order valence-corrected chi connectivity index (χ4v) is 4.46. The van der Waals surface area contributed by atoms with E-state index in [2.05, 4.69) is 36.7 Å². The second kappa shape index (κ2) is 9.86. The number of benzene rings is 1. The second-order valence-electron chi connectivity index (χ2n) is 8.89. The molecule has 0 aliphatic carbocycles. The van der Waals surface area contributed by atoms with Gasteiger partial charge in [-0.15, -0.1) is 11.3 Å². The van der Waals surface area contributed by atoms with Gasteiger partial charge in [-0.3, -0.25) is 9.69 Å². The quantitative estimate of drug-likeness (QED) is 0.513. The van der Waals surface area contributed by atoms with Crippen LogP contribution in [0.4, 0.5) is 0 Å². The predicted molar refractivity (Wildman–Crippen MR) is 126 cm³/mol. The molecular weight excluding hydrogens is 394 g/mol. The summed E-state index contributed by atoms with van der Waals surface area (Å²) >= 11 is 1.51. The number of hydrogen-bond donors (Lipinski definition) is 2. The van der Waals surface area contributed by atoms with Gasteiger partial charge in [-0.05, 0) is 42.9 Å². The Morgan fingerprint density at radius 1 is 1.17 bits per heavy atom. The van der Waals surface area contributed by atoms with E-state index in [4.69, 9.17) is 4.98 Å². The molecule has 0 aliphatic rings. The van der Waals surface area contributed by atoms with Crippen LogP contribution in [0, 0.1) is 18.8 Å². The number of aryl methyl sites for hydroxylation is 1. The zero-order chi connectivity index (χ0) is 21.8. The van der Waals surface area contributed by atoms with Crippen LogP contribution in [0.3, 0.4) is 0 Å². The summed E-state index contributed by atoms with van der Waals surface area (Å²) in [6, 6.07) is 8.10. The van der Waals surface area contributed by atoms with Crippen LogP contribution in [0.2, 0.25) is 0 Å². The Kier molecular flexibility index (Phi) is 7.45. The molecule has 3 aromatic rings. The Morgan fingerprint density at radius 3 is 2.57 bits per heavy atom. The van der Waals surface area contributed by atoms with E-state index in [1.807, 2.05) is 37.4 Å². The monoisotopic (exact) mass is 427 g/mol. The average Bonchev–Trinajstić information content (AvgIpc) is 3.10. The number of hydrogen-bond acceptors (Lipinski definition) is 5. The molecule has 0 spiro atoms. The molecule has 162 valence electrons. The Bertz CT molecular complexity index is 1040. The smallest absolute Gasteiger partial charge is 0.260 e. The number of fused-ring (bicyclic) bond motifs is 1. The summed E-state index contributed by atoms with van der Waals surface area (Å²) in [5.41, 5.74) is 3.06. The molecule has 1 atom stereocenters. The molecule has 2 heterocycles. The van der Waals surface area contributed by atoms with Gasteiger partial charge in [0, 0.05) is 17.5 Å².